The average molecular weight is 416 g/mol. The van der Waals surface area contributed by atoms with Gasteiger partial charge in [-0.15, -0.1) is 0 Å². The van der Waals surface area contributed by atoms with Crippen LogP contribution < -0.4 is 11.2 Å². The van der Waals surface area contributed by atoms with Crippen molar-refractivity contribution in [1.82, 2.24) is 24.0 Å². The predicted octanol–water partition coefficient (Wildman–Crippen LogP) is 1.63. The van der Waals surface area contributed by atoms with Gasteiger partial charge in [0.1, 0.15) is 5.39 Å². The van der Waals surface area contributed by atoms with E-state index in [0.717, 1.165) is 18.7 Å². The lowest BCUT2D eigenvalue weighted by Gasteiger charge is -2.26. The van der Waals surface area contributed by atoms with Crippen LogP contribution in [-0.4, -0.2) is 56.9 Å². The van der Waals surface area contributed by atoms with Crippen LogP contribution in [-0.2, 0) is 17.8 Å². The van der Waals surface area contributed by atoms with Gasteiger partial charge in [0.25, 0.3) is 5.56 Å². The molecule has 0 aliphatic carbocycles. The normalized spacial score (nSPS) is 15.1. The summed E-state index contributed by atoms with van der Waals surface area (Å²) in [5.74, 6) is 0.446. The largest absolute Gasteiger partial charge is 0.379 e. The molecule has 9 heteroatoms. The smallest absolute Gasteiger partial charge is 0.332 e. The Hall–Kier alpha value is -2.55. The predicted molar refractivity (Wildman–Crippen MR) is 111 cm³/mol. The third-order valence-corrected chi connectivity index (χ3v) is 5.38. The van der Waals surface area contributed by atoms with E-state index in [2.05, 4.69) is 14.9 Å². The topological polar surface area (TPSA) is 82.3 Å². The lowest BCUT2D eigenvalue weighted by molar-refractivity contribution is 0.0361. The molecule has 0 atom stereocenters. The van der Waals surface area contributed by atoms with Gasteiger partial charge in [0.05, 0.1) is 13.2 Å². The van der Waals surface area contributed by atoms with Gasteiger partial charge in [-0.1, -0.05) is 11.6 Å². The van der Waals surface area contributed by atoms with Crippen molar-refractivity contribution in [3.8, 4) is 11.4 Å². The monoisotopic (exact) mass is 415 g/mol. The van der Waals surface area contributed by atoms with E-state index in [-0.39, 0.29) is 11.2 Å². The van der Waals surface area contributed by atoms with E-state index in [9.17, 15) is 9.59 Å². The van der Waals surface area contributed by atoms with Crippen LogP contribution in [0.4, 0.5) is 0 Å². The first-order chi connectivity index (χ1) is 14.1. The minimum absolute atomic E-state index is 0.326. The van der Waals surface area contributed by atoms with Crippen molar-refractivity contribution >= 4 is 22.6 Å². The number of benzene rings is 1. The Morgan fingerprint density at radius 2 is 1.79 bits per heavy atom. The molecule has 1 aliphatic rings. The number of hydrogen-bond acceptors (Lipinski definition) is 6. The van der Waals surface area contributed by atoms with Crippen LogP contribution in [0.1, 0.15) is 6.92 Å². The summed E-state index contributed by atoms with van der Waals surface area (Å²) in [5.41, 5.74) is 0.414. The fraction of sp³-hybridized carbons (Fsp3) is 0.400. The number of fused-ring (bicyclic) bond motifs is 1. The molecule has 29 heavy (non-hydrogen) atoms. The van der Waals surface area contributed by atoms with E-state index in [4.69, 9.17) is 16.3 Å². The minimum Gasteiger partial charge on any atom is -0.379 e. The molecule has 3 aromatic rings. The van der Waals surface area contributed by atoms with E-state index >= 15 is 0 Å². The van der Waals surface area contributed by atoms with Crippen molar-refractivity contribution in [2.75, 3.05) is 32.8 Å². The summed E-state index contributed by atoms with van der Waals surface area (Å²) < 4.78 is 8.16. The van der Waals surface area contributed by atoms with Crippen LogP contribution in [0.25, 0.3) is 22.4 Å². The fourth-order valence-corrected chi connectivity index (χ4v) is 3.61. The van der Waals surface area contributed by atoms with Crippen LogP contribution in [0.3, 0.4) is 0 Å². The van der Waals surface area contributed by atoms with Crippen molar-refractivity contribution < 1.29 is 4.74 Å². The first kappa shape index (κ1) is 19.8. The lowest BCUT2D eigenvalue weighted by atomic mass is 10.2. The van der Waals surface area contributed by atoms with E-state index in [0.29, 0.717) is 54.7 Å². The second-order valence-corrected chi connectivity index (χ2v) is 7.31. The van der Waals surface area contributed by atoms with E-state index < -0.39 is 0 Å². The summed E-state index contributed by atoms with van der Waals surface area (Å²) in [6.07, 6.45) is 1.51. The number of aryl methyl sites for hydroxylation is 1. The molecule has 0 bridgehead atoms. The SMILES string of the molecule is CCn1c(=O)n(CCN2CCOCC2)c(=O)c2cnc(-c3ccc(Cl)cc3)nc21. The van der Waals surface area contributed by atoms with Crippen LogP contribution in [0.15, 0.2) is 40.1 Å². The number of nitrogens with zero attached hydrogens (tertiary/aromatic N) is 5. The zero-order chi connectivity index (χ0) is 20.4. The number of halogens is 1. The molecule has 1 aromatic carbocycles. The molecule has 1 fully saturated rings. The van der Waals surface area contributed by atoms with Gasteiger partial charge in [-0.25, -0.2) is 14.8 Å². The number of rotatable bonds is 5. The lowest BCUT2D eigenvalue weighted by Crippen LogP contribution is -2.44. The summed E-state index contributed by atoms with van der Waals surface area (Å²) in [6, 6.07) is 7.12. The molecular formula is C20H22ClN5O3. The molecule has 4 rings (SSSR count). The van der Waals surface area contributed by atoms with E-state index in [1.54, 1.807) is 24.3 Å². The van der Waals surface area contributed by atoms with Crippen LogP contribution >= 0.6 is 11.6 Å². The molecule has 1 aliphatic heterocycles. The molecule has 0 spiro atoms. The second-order valence-electron chi connectivity index (χ2n) is 6.88. The van der Waals surface area contributed by atoms with Crippen LogP contribution in [0.5, 0.6) is 0 Å². The molecule has 8 nitrogen and oxygen atoms in total. The van der Waals surface area contributed by atoms with Gasteiger partial charge < -0.3 is 4.74 Å². The number of ether oxygens (including phenoxy) is 1. The Kier molecular flexibility index (Phi) is 5.75. The Morgan fingerprint density at radius 1 is 1.07 bits per heavy atom. The molecule has 3 heterocycles. The second kappa shape index (κ2) is 8.44. The maximum absolute atomic E-state index is 13.0. The van der Waals surface area contributed by atoms with Crippen molar-refractivity contribution in [2.45, 2.75) is 20.0 Å². The van der Waals surface area contributed by atoms with Crippen LogP contribution in [0, 0.1) is 0 Å². The van der Waals surface area contributed by atoms with Crippen LogP contribution in [0.2, 0.25) is 5.02 Å². The van der Waals surface area contributed by atoms with Gasteiger partial charge in [0, 0.05) is 49.5 Å². The number of morpholine rings is 1. The first-order valence-corrected chi connectivity index (χ1v) is 10.0. The Bertz CT molecular complexity index is 1130. The molecule has 2 aromatic heterocycles. The van der Waals surface area contributed by atoms with Gasteiger partial charge in [0.2, 0.25) is 0 Å². The van der Waals surface area contributed by atoms with Gasteiger partial charge in [-0.05, 0) is 31.2 Å². The summed E-state index contributed by atoms with van der Waals surface area (Å²) in [5, 5.41) is 0.953. The number of hydrogen-bond donors (Lipinski definition) is 0. The highest BCUT2D eigenvalue weighted by Gasteiger charge is 2.17. The molecule has 0 amide bonds. The molecule has 1 saturated heterocycles. The molecule has 0 N–H and O–H groups in total. The molecule has 0 saturated carbocycles. The molecule has 152 valence electrons. The van der Waals surface area contributed by atoms with Gasteiger partial charge in [0.15, 0.2) is 11.5 Å². The van der Waals surface area contributed by atoms with Crippen molar-refractivity contribution in [1.29, 1.82) is 0 Å². The summed E-state index contributed by atoms with van der Waals surface area (Å²) >= 11 is 5.95. The van der Waals surface area contributed by atoms with Gasteiger partial charge >= 0.3 is 5.69 Å². The maximum Gasteiger partial charge on any atom is 0.332 e. The highest BCUT2D eigenvalue weighted by Crippen LogP contribution is 2.19. The van der Waals surface area contributed by atoms with Gasteiger partial charge in [-0.2, -0.15) is 0 Å². The van der Waals surface area contributed by atoms with Crippen molar-refractivity contribution in [3.63, 3.8) is 0 Å². The zero-order valence-corrected chi connectivity index (χ0v) is 16.9. The standard InChI is InChI=1S/C20H22ClN5O3/c1-2-25-18-16(13-22-17(23-18)14-3-5-15(21)6-4-14)19(27)26(20(25)28)8-7-24-9-11-29-12-10-24/h3-6,13H,2,7-12H2,1H3. The fourth-order valence-electron chi connectivity index (χ4n) is 3.48. The highest BCUT2D eigenvalue weighted by atomic mass is 35.5. The third kappa shape index (κ3) is 3.96. The Morgan fingerprint density at radius 3 is 2.48 bits per heavy atom. The van der Waals surface area contributed by atoms with E-state index in [1.165, 1.54) is 15.3 Å². The Balaban J connectivity index is 1.75. The third-order valence-electron chi connectivity index (χ3n) is 5.12. The summed E-state index contributed by atoms with van der Waals surface area (Å²) in [7, 11) is 0. The average Bonchev–Trinajstić information content (AvgIpc) is 2.75. The highest BCUT2D eigenvalue weighted by molar-refractivity contribution is 6.30. The first-order valence-electron chi connectivity index (χ1n) is 9.65. The minimum atomic E-state index is -0.356. The Labute approximate surface area is 172 Å². The summed E-state index contributed by atoms with van der Waals surface area (Å²) in [6.45, 7) is 6.17. The molecular weight excluding hydrogens is 394 g/mol. The van der Waals surface area contributed by atoms with Gasteiger partial charge in [-0.3, -0.25) is 18.8 Å². The van der Waals surface area contributed by atoms with E-state index in [1.807, 2.05) is 6.92 Å². The van der Waals surface area contributed by atoms with Crippen molar-refractivity contribution in [3.05, 3.63) is 56.3 Å². The maximum atomic E-state index is 13.0. The zero-order valence-electron chi connectivity index (χ0n) is 16.2. The quantitative estimate of drug-likeness (QED) is 0.630. The molecule has 0 unspecified atom stereocenters. The number of aromatic nitrogens is 4. The molecule has 0 radical (unpaired) electrons. The summed E-state index contributed by atoms with van der Waals surface area (Å²) in [4.78, 5) is 37.1. The van der Waals surface area contributed by atoms with Crippen molar-refractivity contribution in [2.24, 2.45) is 0 Å².